The third-order valence-electron chi connectivity index (χ3n) is 4.71. The van der Waals surface area contributed by atoms with Gasteiger partial charge in [-0.15, -0.1) is 0 Å². The lowest BCUT2D eigenvalue weighted by molar-refractivity contribution is 0.148. The molecule has 26 heavy (non-hydrogen) atoms. The molecule has 2 heterocycles. The quantitative estimate of drug-likeness (QED) is 0.775. The number of aliphatic hydroxyl groups is 1. The van der Waals surface area contributed by atoms with Gasteiger partial charge in [-0.2, -0.15) is 5.10 Å². The van der Waals surface area contributed by atoms with E-state index in [2.05, 4.69) is 10.2 Å². The lowest BCUT2D eigenvalue weighted by Gasteiger charge is -2.18. The highest BCUT2D eigenvalue weighted by atomic mass is 32.2. The minimum absolute atomic E-state index is 0.0755. The van der Waals surface area contributed by atoms with Crippen molar-refractivity contribution in [3.8, 4) is 11.3 Å². The first kappa shape index (κ1) is 19.0. The summed E-state index contributed by atoms with van der Waals surface area (Å²) < 4.78 is 38.5. The Hall–Kier alpha value is -1.81. The Morgan fingerprint density at radius 3 is 2.65 bits per heavy atom. The van der Waals surface area contributed by atoms with Gasteiger partial charge in [-0.05, 0) is 24.3 Å². The van der Waals surface area contributed by atoms with Crippen molar-refractivity contribution < 1.29 is 17.9 Å². The van der Waals surface area contributed by atoms with Crippen LogP contribution in [0.15, 0.2) is 30.5 Å². The van der Waals surface area contributed by atoms with Gasteiger partial charge in [0.05, 0.1) is 23.7 Å². The summed E-state index contributed by atoms with van der Waals surface area (Å²) in [5.74, 6) is -0.709. The fraction of sp³-hybridized carbons (Fsp3) is 0.471. The Kier molecular flexibility index (Phi) is 5.42. The summed E-state index contributed by atoms with van der Waals surface area (Å²) in [6.07, 6.45) is 1.01. The van der Waals surface area contributed by atoms with E-state index in [1.54, 1.807) is 18.3 Å². The van der Waals surface area contributed by atoms with Crippen molar-refractivity contribution >= 4 is 10.0 Å². The Morgan fingerprint density at radius 2 is 2.00 bits per heavy atom. The van der Waals surface area contributed by atoms with Crippen molar-refractivity contribution in [1.29, 1.82) is 0 Å². The van der Waals surface area contributed by atoms with Gasteiger partial charge in [0, 0.05) is 50.8 Å². The van der Waals surface area contributed by atoms with Crippen LogP contribution in [0.1, 0.15) is 5.56 Å². The van der Waals surface area contributed by atoms with Crippen LogP contribution in [0.3, 0.4) is 0 Å². The zero-order chi connectivity index (χ0) is 18.9. The molecular formula is C17H23FN4O3S. The maximum atomic E-state index is 13.1. The van der Waals surface area contributed by atoms with Crippen LogP contribution in [0.25, 0.3) is 11.3 Å². The number of sulfonamides is 1. The van der Waals surface area contributed by atoms with E-state index in [0.29, 0.717) is 19.6 Å². The molecule has 1 aliphatic heterocycles. The molecule has 7 nitrogen and oxygen atoms in total. The van der Waals surface area contributed by atoms with Crippen molar-refractivity contribution in [1.82, 2.24) is 19.4 Å². The number of likely N-dealkylation sites (tertiary alicyclic amines) is 1. The van der Waals surface area contributed by atoms with E-state index in [0.717, 1.165) is 16.8 Å². The second-order valence-electron chi connectivity index (χ2n) is 6.86. The average Bonchev–Trinajstić information content (AvgIpc) is 3.15. The van der Waals surface area contributed by atoms with Gasteiger partial charge in [0.15, 0.2) is 0 Å². The molecule has 0 aliphatic carbocycles. The van der Waals surface area contributed by atoms with Gasteiger partial charge in [-0.1, -0.05) is 0 Å². The highest BCUT2D eigenvalue weighted by Crippen LogP contribution is 2.26. The van der Waals surface area contributed by atoms with Gasteiger partial charge in [-0.3, -0.25) is 10.00 Å². The third kappa shape index (κ3) is 4.12. The predicted molar refractivity (Wildman–Crippen MR) is 96.2 cm³/mol. The molecule has 0 unspecified atom stereocenters. The first-order valence-electron chi connectivity index (χ1n) is 8.35. The number of aromatic amines is 1. The maximum Gasteiger partial charge on any atom is 0.214 e. The van der Waals surface area contributed by atoms with Gasteiger partial charge in [0.2, 0.25) is 10.0 Å². The highest BCUT2D eigenvalue weighted by molar-refractivity contribution is 7.89. The largest absolute Gasteiger partial charge is 0.391 e. The van der Waals surface area contributed by atoms with Crippen molar-refractivity contribution in [2.45, 2.75) is 12.6 Å². The molecule has 2 aromatic rings. The average molecular weight is 382 g/mol. The number of nitrogens with one attached hydrogen (secondary N) is 1. The zero-order valence-corrected chi connectivity index (χ0v) is 15.6. The Morgan fingerprint density at radius 1 is 1.31 bits per heavy atom. The maximum absolute atomic E-state index is 13.1. The van der Waals surface area contributed by atoms with Crippen LogP contribution in [-0.4, -0.2) is 72.0 Å². The molecule has 0 saturated carbocycles. The van der Waals surface area contributed by atoms with Gasteiger partial charge < -0.3 is 5.11 Å². The van der Waals surface area contributed by atoms with E-state index >= 15 is 0 Å². The molecular weight excluding hydrogens is 359 g/mol. The number of hydrogen-bond donors (Lipinski definition) is 2. The molecule has 142 valence electrons. The summed E-state index contributed by atoms with van der Waals surface area (Å²) in [5.41, 5.74) is 2.54. The smallest absolute Gasteiger partial charge is 0.214 e. The number of aromatic nitrogens is 2. The molecule has 3 rings (SSSR count). The second-order valence-corrected chi connectivity index (χ2v) is 9.09. The first-order chi connectivity index (χ1) is 12.3. The molecule has 1 fully saturated rings. The van der Waals surface area contributed by atoms with Crippen LogP contribution < -0.4 is 0 Å². The number of β-amino-alcohol motifs (C(OH)–C–C–N with tert-alkyl or cyclic N) is 1. The summed E-state index contributed by atoms with van der Waals surface area (Å²) in [6.45, 7) is 1.42. The number of H-pyrrole nitrogens is 1. The number of halogens is 1. The number of nitrogens with zero attached hydrogens (tertiary/aromatic N) is 3. The molecule has 1 saturated heterocycles. The minimum Gasteiger partial charge on any atom is -0.391 e. The fourth-order valence-corrected chi connectivity index (χ4v) is 4.36. The topological polar surface area (TPSA) is 89.5 Å². The number of rotatable bonds is 6. The molecule has 0 spiro atoms. The van der Waals surface area contributed by atoms with Gasteiger partial charge in [0.25, 0.3) is 0 Å². The van der Waals surface area contributed by atoms with E-state index in [-0.39, 0.29) is 17.5 Å². The van der Waals surface area contributed by atoms with Gasteiger partial charge >= 0.3 is 0 Å². The van der Waals surface area contributed by atoms with E-state index in [9.17, 15) is 17.9 Å². The lowest BCUT2D eigenvalue weighted by atomic mass is 10.1. The molecule has 1 aromatic carbocycles. The number of aliphatic hydroxyl groups excluding tert-OH is 1. The van der Waals surface area contributed by atoms with Crippen LogP contribution in [0, 0.1) is 11.7 Å². The van der Waals surface area contributed by atoms with Crippen molar-refractivity contribution in [2.24, 2.45) is 5.92 Å². The van der Waals surface area contributed by atoms with Crippen LogP contribution in [0.2, 0.25) is 0 Å². The predicted octanol–water partition coefficient (Wildman–Crippen LogP) is 0.900. The van der Waals surface area contributed by atoms with Crippen LogP contribution >= 0.6 is 0 Å². The van der Waals surface area contributed by atoms with E-state index in [1.165, 1.54) is 30.5 Å². The lowest BCUT2D eigenvalue weighted by Crippen LogP contribution is -2.33. The van der Waals surface area contributed by atoms with Crippen molar-refractivity contribution in [3.63, 3.8) is 0 Å². The van der Waals surface area contributed by atoms with Crippen molar-refractivity contribution in [3.05, 3.63) is 41.8 Å². The fourth-order valence-electron chi connectivity index (χ4n) is 3.19. The molecule has 9 heteroatoms. The monoisotopic (exact) mass is 382 g/mol. The summed E-state index contributed by atoms with van der Waals surface area (Å²) in [5, 5.41) is 17.3. The Labute approximate surface area is 152 Å². The third-order valence-corrected chi connectivity index (χ3v) is 6.67. The Bertz CT molecular complexity index is 851. The van der Waals surface area contributed by atoms with E-state index in [1.807, 2.05) is 4.90 Å². The SMILES string of the molecule is CN(C)S(=O)(=O)C[C@@H]1CN(Cc2cn[nH]c2-c2ccc(F)cc2)C[C@@H]1O. The molecule has 0 radical (unpaired) electrons. The summed E-state index contributed by atoms with van der Waals surface area (Å²) in [7, 11) is -0.373. The molecule has 2 N–H and O–H groups in total. The van der Waals surface area contributed by atoms with Crippen LogP contribution in [0.4, 0.5) is 4.39 Å². The highest BCUT2D eigenvalue weighted by Gasteiger charge is 2.35. The first-order valence-corrected chi connectivity index (χ1v) is 9.96. The van der Waals surface area contributed by atoms with Crippen molar-refractivity contribution in [2.75, 3.05) is 32.9 Å². The standard InChI is InChI=1S/C17H23FN4O3S/c1-21(2)26(24,25)11-14-9-22(10-16(14)23)8-13-7-19-20-17(13)12-3-5-15(18)6-4-12/h3-7,14,16,23H,8-11H2,1-2H3,(H,19,20)/t14-,16-/m0/s1. The van der Waals surface area contributed by atoms with Crippen LogP contribution in [-0.2, 0) is 16.6 Å². The molecule has 2 atom stereocenters. The summed E-state index contributed by atoms with van der Waals surface area (Å²) in [6, 6.07) is 6.14. The summed E-state index contributed by atoms with van der Waals surface area (Å²) >= 11 is 0. The Balaban J connectivity index is 1.70. The van der Waals surface area contributed by atoms with Crippen LogP contribution in [0.5, 0.6) is 0 Å². The second kappa shape index (κ2) is 7.43. The normalized spacial score (nSPS) is 21.6. The van der Waals surface area contributed by atoms with Gasteiger partial charge in [-0.25, -0.2) is 17.1 Å². The number of hydrogen-bond acceptors (Lipinski definition) is 5. The molecule has 0 bridgehead atoms. The number of benzene rings is 1. The zero-order valence-electron chi connectivity index (χ0n) is 14.8. The van der Waals surface area contributed by atoms with Gasteiger partial charge in [0.1, 0.15) is 5.82 Å². The molecule has 1 aromatic heterocycles. The minimum atomic E-state index is -3.36. The van der Waals surface area contributed by atoms with E-state index < -0.39 is 16.1 Å². The molecule has 0 amide bonds. The summed E-state index contributed by atoms with van der Waals surface area (Å²) in [4.78, 5) is 2.01. The molecule has 1 aliphatic rings. The van der Waals surface area contributed by atoms with E-state index in [4.69, 9.17) is 0 Å².